The molecule has 7 atom stereocenters. The number of ether oxygens (including phenoxy) is 1. The Kier molecular flexibility index (Phi) is 6.75. The number of fused-ring (bicyclic) bond motifs is 6. The quantitative estimate of drug-likeness (QED) is 0.264. The molecule has 3 aromatic heterocycles. The normalized spacial score (nSPS) is 35.7. The molecule has 10 heteroatoms. The van der Waals surface area contributed by atoms with Gasteiger partial charge >= 0.3 is 5.97 Å². The first-order valence-electron chi connectivity index (χ1n) is 14.7. The van der Waals surface area contributed by atoms with Gasteiger partial charge in [0.2, 0.25) is 5.76 Å². The number of allylic oxidation sites excluding steroid dienone is 1. The van der Waals surface area contributed by atoms with Crippen LogP contribution in [0.1, 0.15) is 69.3 Å². The van der Waals surface area contributed by atoms with Gasteiger partial charge in [0.15, 0.2) is 21.5 Å². The van der Waals surface area contributed by atoms with E-state index < -0.39 is 23.1 Å². The topological polar surface area (TPSA) is 120 Å². The van der Waals surface area contributed by atoms with E-state index in [1.54, 1.807) is 18.3 Å². The molecule has 220 valence electrons. The van der Waals surface area contributed by atoms with Gasteiger partial charge in [-0.25, -0.2) is 14.8 Å². The van der Waals surface area contributed by atoms with E-state index in [1.165, 1.54) is 29.4 Å². The van der Waals surface area contributed by atoms with E-state index in [1.807, 2.05) is 25.1 Å². The number of carbonyl (C=O) groups is 3. The molecular formula is C32H34N2O6S2. The molecule has 4 aliphatic rings. The molecule has 42 heavy (non-hydrogen) atoms. The third-order valence-electron chi connectivity index (χ3n) is 10.9. The zero-order valence-corrected chi connectivity index (χ0v) is 25.3. The molecule has 0 saturated heterocycles. The molecule has 7 rings (SSSR count). The zero-order chi connectivity index (χ0) is 29.3. The van der Waals surface area contributed by atoms with Crippen LogP contribution in [0.5, 0.6) is 0 Å². The Hall–Kier alpha value is -2.82. The lowest BCUT2D eigenvalue weighted by Crippen LogP contribution is -2.63. The van der Waals surface area contributed by atoms with Gasteiger partial charge in [0.05, 0.1) is 18.1 Å². The van der Waals surface area contributed by atoms with Gasteiger partial charge in [-0.3, -0.25) is 9.59 Å². The van der Waals surface area contributed by atoms with Crippen LogP contribution in [0.4, 0.5) is 0 Å². The molecule has 0 radical (unpaired) electrons. The van der Waals surface area contributed by atoms with Crippen LogP contribution >= 0.6 is 23.1 Å². The minimum atomic E-state index is -1.41. The highest BCUT2D eigenvalue weighted by atomic mass is 32.2. The van der Waals surface area contributed by atoms with Crippen molar-refractivity contribution >= 4 is 51.0 Å². The summed E-state index contributed by atoms with van der Waals surface area (Å²) in [5, 5.41) is 11.9. The van der Waals surface area contributed by atoms with Crippen molar-refractivity contribution in [2.75, 3.05) is 5.75 Å². The van der Waals surface area contributed by atoms with Crippen LogP contribution in [0.25, 0.3) is 10.3 Å². The Morgan fingerprint density at radius 2 is 2.05 bits per heavy atom. The number of Topliss-reactive ketones (excluding diaryl/α,β-unsaturated/α-hetero) is 1. The maximum atomic E-state index is 14.4. The Bertz CT molecular complexity index is 1570. The lowest BCUT2D eigenvalue weighted by atomic mass is 9.45. The number of furan rings is 1. The molecule has 5 unspecified atom stereocenters. The van der Waals surface area contributed by atoms with Gasteiger partial charge in [-0.15, -0.1) is 0 Å². The number of aliphatic hydroxyl groups is 1. The number of pyridine rings is 1. The molecule has 3 aromatic rings. The van der Waals surface area contributed by atoms with Crippen molar-refractivity contribution in [3.63, 3.8) is 0 Å². The highest BCUT2D eigenvalue weighted by molar-refractivity contribution is 8.01. The smallest absolute Gasteiger partial charge is 0.375 e. The van der Waals surface area contributed by atoms with E-state index in [4.69, 9.17) is 9.15 Å². The molecule has 0 spiro atoms. The third-order valence-corrected chi connectivity index (χ3v) is 13.1. The van der Waals surface area contributed by atoms with Crippen molar-refractivity contribution in [3.05, 3.63) is 54.1 Å². The highest BCUT2D eigenvalue weighted by Gasteiger charge is 2.70. The van der Waals surface area contributed by atoms with Crippen LogP contribution < -0.4 is 0 Å². The van der Waals surface area contributed by atoms with Crippen LogP contribution in [0.3, 0.4) is 0 Å². The van der Waals surface area contributed by atoms with Gasteiger partial charge in [0.25, 0.3) is 0 Å². The van der Waals surface area contributed by atoms with Gasteiger partial charge in [0, 0.05) is 18.0 Å². The SMILES string of the molecule is CC12CCC(=O)C=C1CCC1C2[C@@H](O)CC2(C)C1CC[C@]2(OC(=O)c1ccco1)C(=O)CSc1nc2cccnc2s1. The summed E-state index contributed by atoms with van der Waals surface area (Å²) in [4.78, 5) is 49.9. The number of nitrogens with zero attached hydrogens (tertiary/aromatic N) is 2. The second-order valence-corrected chi connectivity index (χ2v) is 15.0. The van der Waals surface area contributed by atoms with E-state index in [0.717, 1.165) is 45.9 Å². The minimum absolute atomic E-state index is 0.0000224. The molecular weight excluding hydrogens is 572 g/mol. The molecule has 0 bridgehead atoms. The van der Waals surface area contributed by atoms with Gasteiger partial charge in [0.1, 0.15) is 10.3 Å². The summed E-state index contributed by atoms with van der Waals surface area (Å²) in [6, 6.07) is 6.90. The maximum Gasteiger partial charge on any atom is 0.375 e. The van der Waals surface area contributed by atoms with E-state index in [9.17, 15) is 19.5 Å². The second-order valence-electron chi connectivity index (χ2n) is 12.8. The third kappa shape index (κ3) is 4.16. The van der Waals surface area contributed by atoms with Crippen molar-refractivity contribution in [2.45, 2.75) is 74.8 Å². The van der Waals surface area contributed by atoms with E-state index >= 15 is 0 Å². The van der Waals surface area contributed by atoms with Gasteiger partial charge < -0.3 is 14.3 Å². The minimum Gasteiger partial charge on any atom is -0.457 e. The van der Waals surface area contributed by atoms with Crippen LogP contribution in [0, 0.1) is 28.6 Å². The van der Waals surface area contributed by atoms with Gasteiger partial charge in [-0.2, -0.15) is 0 Å². The Balaban J connectivity index is 1.22. The Labute approximate surface area is 252 Å². The highest BCUT2D eigenvalue weighted by Crippen LogP contribution is 2.68. The average molecular weight is 607 g/mol. The number of thiazole rings is 1. The van der Waals surface area contributed by atoms with E-state index in [2.05, 4.69) is 16.9 Å². The number of aromatic nitrogens is 2. The standard InChI is InChI=1S/C32H34N2O6S2/c1-30-11-9-19(35)15-18(30)7-8-20-21-10-12-32(31(21,2)16-23(36)26(20)30,40-28(38)24-6-4-14-39-24)25(37)17-41-29-34-22-5-3-13-33-27(22)42-29/h3-6,13-15,20-21,23,26,36H,7-12,16-17H2,1-2H3/t20?,21?,23-,26?,30?,31?,32-/m0/s1. The molecule has 3 heterocycles. The lowest BCUT2D eigenvalue weighted by molar-refractivity contribution is -0.180. The summed E-state index contributed by atoms with van der Waals surface area (Å²) >= 11 is 2.78. The van der Waals surface area contributed by atoms with Crippen molar-refractivity contribution in [1.82, 2.24) is 9.97 Å². The van der Waals surface area contributed by atoms with Crippen LogP contribution in [-0.4, -0.2) is 50.1 Å². The van der Waals surface area contributed by atoms with Crippen LogP contribution in [0.2, 0.25) is 0 Å². The summed E-state index contributed by atoms with van der Waals surface area (Å²) in [5.41, 5.74) is -0.461. The number of hydrogen-bond donors (Lipinski definition) is 1. The van der Waals surface area contributed by atoms with Gasteiger partial charge in [-0.05, 0) is 92.0 Å². The Morgan fingerprint density at radius 3 is 2.83 bits per heavy atom. The number of carbonyl (C=O) groups excluding carboxylic acids is 3. The molecule has 3 fully saturated rings. The molecule has 1 N–H and O–H groups in total. The summed E-state index contributed by atoms with van der Waals surface area (Å²) in [7, 11) is 0. The fourth-order valence-corrected chi connectivity index (χ4v) is 11.0. The van der Waals surface area contributed by atoms with E-state index in [-0.39, 0.29) is 46.2 Å². The summed E-state index contributed by atoms with van der Waals surface area (Å²) in [5.74, 6) is -0.257. The lowest BCUT2D eigenvalue weighted by Gasteiger charge is -2.60. The van der Waals surface area contributed by atoms with Crippen molar-refractivity contribution in [1.29, 1.82) is 0 Å². The summed E-state index contributed by atoms with van der Waals surface area (Å²) in [6.07, 6.45) is 8.65. The maximum absolute atomic E-state index is 14.4. The average Bonchev–Trinajstić information content (AvgIpc) is 3.70. The van der Waals surface area contributed by atoms with E-state index in [0.29, 0.717) is 19.3 Å². The largest absolute Gasteiger partial charge is 0.457 e. The first kappa shape index (κ1) is 28.0. The van der Waals surface area contributed by atoms with Gasteiger partial charge in [-0.1, -0.05) is 42.5 Å². The van der Waals surface area contributed by atoms with Crippen LogP contribution in [-0.2, 0) is 14.3 Å². The molecule has 8 nitrogen and oxygen atoms in total. The van der Waals surface area contributed by atoms with Crippen molar-refractivity contribution < 1.29 is 28.6 Å². The predicted molar refractivity (Wildman–Crippen MR) is 158 cm³/mol. The predicted octanol–water partition coefficient (Wildman–Crippen LogP) is 6.04. The summed E-state index contributed by atoms with van der Waals surface area (Å²) < 4.78 is 12.4. The number of esters is 1. The molecule has 0 amide bonds. The number of aliphatic hydroxyl groups excluding tert-OH is 1. The molecule has 0 aromatic carbocycles. The summed E-state index contributed by atoms with van der Waals surface area (Å²) in [6.45, 7) is 4.25. The van der Waals surface area contributed by atoms with Crippen molar-refractivity contribution in [3.8, 4) is 0 Å². The number of rotatable bonds is 6. The molecule has 0 aliphatic heterocycles. The second kappa shape index (κ2) is 10.1. The number of thioether (sulfide) groups is 1. The number of hydrogen-bond acceptors (Lipinski definition) is 10. The molecule has 3 saturated carbocycles. The Morgan fingerprint density at radius 1 is 1.19 bits per heavy atom. The number of ketones is 2. The first-order chi connectivity index (χ1) is 20.1. The van der Waals surface area contributed by atoms with Crippen LogP contribution in [0.15, 0.2) is 57.1 Å². The van der Waals surface area contributed by atoms with Crippen molar-refractivity contribution in [2.24, 2.45) is 28.6 Å². The monoisotopic (exact) mass is 606 g/mol. The first-order valence-corrected chi connectivity index (χ1v) is 16.5. The fraction of sp³-hybridized carbons (Fsp3) is 0.531. The zero-order valence-electron chi connectivity index (χ0n) is 23.7. The fourth-order valence-electron chi connectivity index (χ4n) is 9.02. The molecule has 4 aliphatic carbocycles.